The maximum atomic E-state index is 13.6. The molecule has 0 fully saturated rings. The van der Waals surface area contributed by atoms with Crippen LogP contribution in [-0.4, -0.2) is 21.6 Å². The topological polar surface area (TPSA) is 54.9 Å². The van der Waals surface area contributed by atoms with Crippen LogP contribution in [0.3, 0.4) is 0 Å². The Labute approximate surface area is 155 Å². The number of thioether (sulfide) groups is 1. The Bertz CT molecular complexity index is 929. The maximum absolute atomic E-state index is 13.6. The number of benzene rings is 2. The first-order valence-corrected chi connectivity index (χ1v) is 9.10. The van der Waals surface area contributed by atoms with E-state index in [9.17, 15) is 9.18 Å². The van der Waals surface area contributed by atoms with E-state index in [-0.39, 0.29) is 17.3 Å². The highest BCUT2D eigenvalue weighted by Gasteiger charge is 2.10. The number of carbonyl (C=O) groups excluding carboxylic acids is 1. The Kier molecular flexibility index (Phi) is 5.63. The first kappa shape index (κ1) is 18.1. The SMILES string of the molecule is Cc1ccc(-c2cc(C)nc(SCC(=O)Nc3ccccc3F)n2)cc1. The molecule has 0 aliphatic heterocycles. The summed E-state index contributed by atoms with van der Waals surface area (Å²) in [6, 6.07) is 16.1. The highest BCUT2D eigenvalue weighted by Crippen LogP contribution is 2.22. The predicted octanol–water partition coefficient (Wildman–Crippen LogP) is 4.63. The molecule has 0 bridgehead atoms. The predicted molar refractivity (Wildman–Crippen MR) is 103 cm³/mol. The molecule has 0 aliphatic carbocycles. The molecule has 1 amide bonds. The van der Waals surface area contributed by atoms with Gasteiger partial charge in [-0.15, -0.1) is 0 Å². The lowest BCUT2D eigenvalue weighted by Crippen LogP contribution is -2.15. The van der Waals surface area contributed by atoms with Crippen molar-refractivity contribution in [2.75, 3.05) is 11.1 Å². The van der Waals surface area contributed by atoms with Gasteiger partial charge in [-0.05, 0) is 32.0 Å². The van der Waals surface area contributed by atoms with Gasteiger partial charge in [-0.2, -0.15) is 0 Å². The third kappa shape index (κ3) is 4.67. The number of amides is 1. The van der Waals surface area contributed by atoms with Crippen LogP contribution in [0.25, 0.3) is 11.3 Å². The molecule has 0 saturated carbocycles. The van der Waals surface area contributed by atoms with Crippen molar-refractivity contribution < 1.29 is 9.18 Å². The van der Waals surface area contributed by atoms with Gasteiger partial charge in [0.25, 0.3) is 0 Å². The van der Waals surface area contributed by atoms with Crippen molar-refractivity contribution >= 4 is 23.4 Å². The molecule has 0 radical (unpaired) electrons. The third-order valence-corrected chi connectivity index (χ3v) is 4.51. The van der Waals surface area contributed by atoms with E-state index in [4.69, 9.17) is 0 Å². The highest BCUT2D eigenvalue weighted by molar-refractivity contribution is 7.99. The second-order valence-corrected chi connectivity index (χ2v) is 6.80. The van der Waals surface area contributed by atoms with E-state index in [1.807, 2.05) is 44.2 Å². The number of aryl methyl sites for hydroxylation is 2. The number of hydrogen-bond donors (Lipinski definition) is 1. The first-order chi connectivity index (χ1) is 12.5. The van der Waals surface area contributed by atoms with Crippen molar-refractivity contribution in [2.45, 2.75) is 19.0 Å². The molecule has 1 aromatic heterocycles. The van der Waals surface area contributed by atoms with Crippen LogP contribution in [0.15, 0.2) is 59.8 Å². The standard InChI is InChI=1S/C20H18FN3OS/c1-13-7-9-15(10-8-13)18-11-14(2)22-20(24-18)26-12-19(25)23-17-6-4-3-5-16(17)21/h3-11H,12H2,1-2H3,(H,23,25). The third-order valence-electron chi connectivity index (χ3n) is 3.66. The van der Waals surface area contributed by atoms with Crippen molar-refractivity contribution in [3.63, 3.8) is 0 Å². The van der Waals surface area contributed by atoms with Crippen LogP contribution >= 0.6 is 11.8 Å². The summed E-state index contributed by atoms with van der Waals surface area (Å²) in [7, 11) is 0. The molecule has 0 aliphatic rings. The number of nitrogens with one attached hydrogen (secondary N) is 1. The van der Waals surface area contributed by atoms with Crippen molar-refractivity contribution in [3.05, 3.63) is 71.7 Å². The van der Waals surface area contributed by atoms with Crippen LogP contribution in [0.2, 0.25) is 0 Å². The smallest absolute Gasteiger partial charge is 0.234 e. The van der Waals surface area contributed by atoms with Gasteiger partial charge in [0.2, 0.25) is 5.91 Å². The molecule has 6 heteroatoms. The Balaban J connectivity index is 1.69. The number of carbonyl (C=O) groups is 1. The van der Waals surface area contributed by atoms with Crippen LogP contribution in [0, 0.1) is 19.7 Å². The molecular formula is C20H18FN3OS. The Morgan fingerprint density at radius 1 is 1.08 bits per heavy atom. The highest BCUT2D eigenvalue weighted by atomic mass is 32.2. The Hall–Kier alpha value is -2.73. The second-order valence-electron chi connectivity index (χ2n) is 5.86. The lowest BCUT2D eigenvalue weighted by atomic mass is 10.1. The lowest BCUT2D eigenvalue weighted by molar-refractivity contribution is -0.113. The average Bonchev–Trinajstić information content (AvgIpc) is 2.62. The van der Waals surface area contributed by atoms with Gasteiger partial charge in [0.15, 0.2) is 5.16 Å². The summed E-state index contributed by atoms with van der Waals surface area (Å²) in [6.07, 6.45) is 0. The molecule has 0 atom stereocenters. The Morgan fingerprint density at radius 2 is 1.81 bits per heavy atom. The molecule has 2 aromatic carbocycles. The van der Waals surface area contributed by atoms with Gasteiger partial charge in [0.1, 0.15) is 5.82 Å². The molecular weight excluding hydrogens is 349 g/mol. The van der Waals surface area contributed by atoms with Gasteiger partial charge >= 0.3 is 0 Å². The van der Waals surface area contributed by atoms with Gasteiger partial charge < -0.3 is 5.32 Å². The maximum Gasteiger partial charge on any atom is 0.234 e. The first-order valence-electron chi connectivity index (χ1n) is 8.11. The fraction of sp³-hybridized carbons (Fsp3) is 0.150. The zero-order valence-electron chi connectivity index (χ0n) is 14.5. The van der Waals surface area contributed by atoms with Crippen molar-refractivity contribution in [3.8, 4) is 11.3 Å². The number of halogens is 1. The molecule has 26 heavy (non-hydrogen) atoms. The van der Waals surface area contributed by atoms with Crippen LogP contribution in [0.5, 0.6) is 0 Å². The van der Waals surface area contributed by atoms with Crippen LogP contribution < -0.4 is 5.32 Å². The number of nitrogens with zero attached hydrogens (tertiary/aromatic N) is 2. The van der Waals surface area contributed by atoms with E-state index in [1.165, 1.54) is 29.5 Å². The van der Waals surface area contributed by atoms with E-state index in [0.29, 0.717) is 5.16 Å². The molecule has 0 spiro atoms. The van der Waals surface area contributed by atoms with Crippen molar-refractivity contribution in [1.82, 2.24) is 9.97 Å². The molecule has 0 unspecified atom stereocenters. The zero-order valence-corrected chi connectivity index (χ0v) is 15.3. The molecule has 0 saturated heterocycles. The van der Waals surface area contributed by atoms with E-state index in [2.05, 4.69) is 15.3 Å². The minimum Gasteiger partial charge on any atom is -0.323 e. The summed E-state index contributed by atoms with van der Waals surface area (Å²) >= 11 is 1.22. The van der Waals surface area contributed by atoms with Crippen molar-refractivity contribution in [1.29, 1.82) is 0 Å². The minimum absolute atomic E-state index is 0.102. The fourth-order valence-corrected chi connectivity index (χ4v) is 3.06. The largest absolute Gasteiger partial charge is 0.323 e. The Morgan fingerprint density at radius 3 is 2.54 bits per heavy atom. The van der Waals surface area contributed by atoms with Gasteiger partial charge in [0, 0.05) is 11.3 Å². The minimum atomic E-state index is -0.459. The van der Waals surface area contributed by atoms with Crippen LogP contribution in [0.4, 0.5) is 10.1 Å². The van der Waals surface area contributed by atoms with Gasteiger partial charge in [0.05, 0.1) is 17.1 Å². The summed E-state index contributed by atoms with van der Waals surface area (Å²) in [4.78, 5) is 21.0. The summed E-state index contributed by atoms with van der Waals surface area (Å²) in [6.45, 7) is 3.92. The van der Waals surface area contributed by atoms with E-state index in [0.717, 1.165) is 17.0 Å². The zero-order chi connectivity index (χ0) is 18.5. The van der Waals surface area contributed by atoms with Gasteiger partial charge in [-0.25, -0.2) is 14.4 Å². The van der Waals surface area contributed by atoms with Crippen LogP contribution in [-0.2, 0) is 4.79 Å². The number of aromatic nitrogens is 2. The fourth-order valence-electron chi connectivity index (χ4n) is 2.36. The van der Waals surface area contributed by atoms with Crippen LogP contribution in [0.1, 0.15) is 11.3 Å². The van der Waals surface area contributed by atoms with E-state index in [1.54, 1.807) is 12.1 Å². The normalized spacial score (nSPS) is 10.6. The summed E-state index contributed by atoms with van der Waals surface area (Å²) in [5.74, 6) is -0.660. The number of para-hydroxylation sites is 1. The molecule has 1 N–H and O–H groups in total. The van der Waals surface area contributed by atoms with Crippen molar-refractivity contribution in [2.24, 2.45) is 0 Å². The molecule has 132 valence electrons. The number of anilines is 1. The average molecular weight is 367 g/mol. The number of hydrogen-bond acceptors (Lipinski definition) is 4. The van der Waals surface area contributed by atoms with E-state index >= 15 is 0 Å². The summed E-state index contributed by atoms with van der Waals surface area (Å²) < 4.78 is 13.6. The summed E-state index contributed by atoms with van der Waals surface area (Å²) in [5, 5.41) is 3.08. The summed E-state index contributed by atoms with van der Waals surface area (Å²) in [5.41, 5.74) is 3.99. The second kappa shape index (κ2) is 8.10. The number of rotatable bonds is 5. The van der Waals surface area contributed by atoms with E-state index < -0.39 is 5.82 Å². The monoisotopic (exact) mass is 367 g/mol. The molecule has 3 rings (SSSR count). The lowest BCUT2D eigenvalue weighted by Gasteiger charge is -2.08. The molecule has 1 heterocycles. The van der Waals surface area contributed by atoms with Gasteiger partial charge in [-0.3, -0.25) is 4.79 Å². The molecule has 3 aromatic rings. The molecule has 4 nitrogen and oxygen atoms in total. The quantitative estimate of drug-likeness (QED) is 0.528. The van der Waals surface area contributed by atoms with Gasteiger partial charge in [-0.1, -0.05) is 53.7 Å².